The van der Waals surface area contributed by atoms with Gasteiger partial charge in [0.15, 0.2) is 6.79 Å². The van der Waals surface area contributed by atoms with Gasteiger partial charge in [-0.3, -0.25) is 0 Å². The Morgan fingerprint density at radius 1 is 1.06 bits per heavy atom. The van der Waals surface area contributed by atoms with Crippen molar-refractivity contribution in [2.24, 2.45) is 0 Å². The standard InChI is InChI=1S/C14H13O2/c1-15-11-16-14-10-6-5-9-13(14)12-7-3-2-4-8-12/h2-9H,11H2,1H3. The molecule has 0 aliphatic rings. The van der Waals surface area contributed by atoms with Crippen molar-refractivity contribution in [3.8, 4) is 16.9 Å². The maximum Gasteiger partial charge on any atom is 0.188 e. The number of para-hydroxylation sites is 1. The van der Waals surface area contributed by atoms with Crippen LogP contribution in [0.2, 0.25) is 0 Å². The van der Waals surface area contributed by atoms with E-state index in [1.807, 2.05) is 48.5 Å². The average Bonchev–Trinajstić information content (AvgIpc) is 2.38. The second kappa shape index (κ2) is 5.33. The minimum atomic E-state index is 0.236. The normalized spacial score (nSPS) is 10.1. The van der Waals surface area contributed by atoms with Gasteiger partial charge in [0.1, 0.15) is 5.75 Å². The largest absolute Gasteiger partial charge is 0.466 e. The molecule has 0 aliphatic heterocycles. The van der Waals surface area contributed by atoms with Gasteiger partial charge in [-0.2, -0.15) is 0 Å². The Labute approximate surface area is 95.4 Å². The van der Waals surface area contributed by atoms with E-state index in [1.165, 1.54) is 0 Å². The van der Waals surface area contributed by atoms with E-state index in [1.54, 1.807) is 7.11 Å². The molecule has 1 radical (unpaired) electrons. The van der Waals surface area contributed by atoms with E-state index in [0.29, 0.717) is 0 Å². The molecule has 2 nitrogen and oxygen atoms in total. The van der Waals surface area contributed by atoms with Crippen LogP contribution in [0.25, 0.3) is 11.1 Å². The fourth-order valence-corrected chi connectivity index (χ4v) is 1.50. The number of hydrogen-bond donors (Lipinski definition) is 0. The van der Waals surface area contributed by atoms with Gasteiger partial charge in [-0.15, -0.1) is 0 Å². The summed E-state index contributed by atoms with van der Waals surface area (Å²) in [6.07, 6.45) is 0. The van der Waals surface area contributed by atoms with E-state index >= 15 is 0 Å². The van der Waals surface area contributed by atoms with Crippen molar-refractivity contribution < 1.29 is 9.47 Å². The Morgan fingerprint density at radius 2 is 1.88 bits per heavy atom. The molecule has 0 aromatic heterocycles. The zero-order valence-corrected chi connectivity index (χ0v) is 9.14. The molecule has 2 aromatic carbocycles. The van der Waals surface area contributed by atoms with Gasteiger partial charge in [0.05, 0.1) is 0 Å². The first-order valence-corrected chi connectivity index (χ1v) is 5.09. The highest BCUT2D eigenvalue weighted by Gasteiger charge is 2.04. The van der Waals surface area contributed by atoms with Crippen LogP contribution in [0.5, 0.6) is 5.75 Å². The van der Waals surface area contributed by atoms with Crippen LogP contribution in [0.15, 0.2) is 48.5 Å². The van der Waals surface area contributed by atoms with Gasteiger partial charge in [0, 0.05) is 18.7 Å². The van der Waals surface area contributed by atoms with Crippen LogP contribution in [0.3, 0.4) is 0 Å². The molecule has 16 heavy (non-hydrogen) atoms. The number of hydrogen-bond acceptors (Lipinski definition) is 2. The lowest BCUT2D eigenvalue weighted by Crippen LogP contribution is -2.00. The Bertz CT molecular complexity index is 437. The molecule has 0 saturated heterocycles. The van der Waals surface area contributed by atoms with Crippen LogP contribution in [-0.2, 0) is 4.74 Å². The van der Waals surface area contributed by atoms with E-state index < -0.39 is 0 Å². The van der Waals surface area contributed by atoms with Gasteiger partial charge in [-0.05, 0) is 5.56 Å². The zero-order chi connectivity index (χ0) is 11.2. The average molecular weight is 213 g/mol. The Morgan fingerprint density at radius 3 is 2.62 bits per heavy atom. The van der Waals surface area contributed by atoms with Crippen molar-refractivity contribution in [3.63, 3.8) is 0 Å². The summed E-state index contributed by atoms with van der Waals surface area (Å²) in [5.41, 5.74) is 2.14. The van der Waals surface area contributed by atoms with E-state index in [4.69, 9.17) is 9.47 Å². The third-order valence-electron chi connectivity index (χ3n) is 2.22. The molecule has 0 aliphatic carbocycles. The summed E-state index contributed by atoms with van der Waals surface area (Å²) in [6, 6.07) is 18.9. The molecule has 2 heteroatoms. The summed E-state index contributed by atoms with van der Waals surface area (Å²) in [6.45, 7) is 0.236. The number of methoxy groups -OCH3 is 1. The summed E-state index contributed by atoms with van der Waals surface area (Å²) < 4.78 is 10.4. The van der Waals surface area contributed by atoms with Crippen LogP contribution in [0.1, 0.15) is 0 Å². The third kappa shape index (κ3) is 2.41. The molecular weight excluding hydrogens is 200 g/mol. The van der Waals surface area contributed by atoms with Crippen molar-refractivity contribution in [2.75, 3.05) is 13.9 Å². The summed E-state index contributed by atoms with van der Waals surface area (Å²) in [5, 5.41) is 0. The van der Waals surface area contributed by atoms with Crippen molar-refractivity contribution >= 4 is 0 Å². The van der Waals surface area contributed by atoms with Crippen LogP contribution in [-0.4, -0.2) is 13.9 Å². The Hall–Kier alpha value is -1.80. The third-order valence-corrected chi connectivity index (χ3v) is 2.22. The highest BCUT2D eigenvalue weighted by Crippen LogP contribution is 2.28. The smallest absolute Gasteiger partial charge is 0.188 e. The molecule has 0 unspecified atom stereocenters. The van der Waals surface area contributed by atoms with E-state index in [-0.39, 0.29) is 6.79 Å². The SMILES string of the molecule is COCOc1[c]cccc1-c1ccccc1. The molecule has 0 fully saturated rings. The maximum absolute atomic E-state index is 5.46. The van der Waals surface area contributed by atoms with Crippen LogP contribution in [0, 0.1) is 6.07 Å². The lowest BCUT2D eigenvalue weighted by molar-refractivity contribution is 0.0513. The molecule has 0 bridgehead atoms. The first-order valence-electron chi connectivity index (χ1n) is 5.09. The van der Waals surface area contributed by atoms with E-state index in [2.05, 4.69) is 6.07 Å². The minimum absolute atomic E-state index is 0.236. The molecule has 2 aromatic rings. The molecule has 0 saturated carbocycles. The summed E-state index contributed by atoms with van der Waals surface area (Å²) >= 11 is 0. The molecule has 2 rings (SSSR count). The molecular formula is C14H13O2. The summed E-state index contributed by atoms with van der Waals surface area (Å²) in [4.78, 5) is 0. The predicted octanol–water partition coefficient (Wildman–Crippen LogP) is 3.14. The van der Waals surface area contributed by atoms with Gasteiger partial charge in [-0.1, -0.05) is 48.5 Å². The summed E-state index contributed by atoms with van der Waals surface area (Å²) in [7, 11) is 1.60. The fourth-order valence-electron chi connectivity index (χ4n) is 1.50. The molecule has 0 amide bonds. The monoisotopic (exact) mass is 213 g/mol. The fraction of sp³-hybridized carbons (Fsp3) is 0.143. The molecule has 0 heterocycles. The minimum Gasteiger partial charge on any atom is -0.466 e. The van der Waals surface area contributed by atoms with E-state index in [9.17, 15) is 0 Å². The number of rotatable bonds is 4. The maximum atomic E-state index is 5.46. The molecule has 0 atom stereocenters. The van der Waals surface area contributed by atoms with Crippen LogP contribution in [0.4, 0.5) is 0 Å². The van der Waals surface area contributed by atoms with Gasteiger partial charge in [-0.25, -0.2) is 0 Å². The first-order chi connectivity index (χ1) is 7.92. The number of benzene rings is 2. The van der Waals surface area contributed by atoms with Crippen LogP contribution >= 0.6 is 0 Å². The predicted molar refractivity (Wildman–Crippen MR) is 63.2 cm³/mol. The zero-order valence-electron chi connectivity index (χ0n) is 9.14. The highest BCUT2D eigenvalue weighted by atomic mass is 16.7. The van der Waals surface area contributed by atoms with Gasteiger partial charge in [0.2, 0.25) is 0 Å². The first kappa shape index (κ1) is 10.7. The lowest BCUT2D eigenvalue weighted by atomic mass is 10.1. The number of ether oxygens (including phenoxy) is 2. The quantitative estimate of drug-likeness (QED) is 0.726. The molecule has 0 spiro atoms. The Kier molecular flexibility index (Phi) is 3.57. The van der Waals surface area contributed by atoms with Crippen molar-refractivity contribution in [1.82, 2.24) is 0 Å². The second-order valence-corrected chi connectivity index (χ2v) is 3.33. The second-order valence-electron chi connectivity index (χ2n) is 3.33. The summed E-state index contributed by atoms with van der Waals surface area (Å²) in [5.74, 6) is 0.718. The van der Waals surface area contributed by atoms with Crippen molar-refractivity contribution in [1.29, 1.82) is 0 Å². The van der Waals surface area contributed by atoms with Gasteiger partial charge >= 0.3 is 0 Å². The lowest BCUT2D eigenvalue weighted by Gasteiger charge is -2.09. The highest BCUT2D eigenvalue weighted by molar-refractivity contribution is 5.69. The van der Waals surface area contributed by atoms with Gasteiger partial charge < -0.3 is 9.47 Å². The van der Waals surface area contributed by atoms with Crippen molar-refractivity contribution in [2.45, 2.75) is 0 Å². The molecule has 81 valence electrons. The van der Waals surface area contributed by atoms with Gasteiger partial charge in [0.25, 0.3) is 0 Å². The topological polar surface area (TPSA) is 18.5 Å². The molecule has 0 N–H and O–H groups in total. The van der Waals surface area contributed by atoms with E-state index in [0.717, 1.165) is 16.9 Å². The Balaban J connectivity index is 2.33. The van der Waals surface area contributed by atoms with Crippen LogP contribution < -0.4 is 4.74 Å². The van der Waals surface area contributed by atoms with Crippen molar-refractivity contribution in [3.05, 3.63) is 54.6 Å².